The summed E-state index contributed by atoms with van der Waals surface area (Å²) >= 11 is 0. The lowest BCUT2D eigenvalue weighted by Gasteiger charge is -2.46. The highest BCUT2D eigenvalue weighted by Crippen LogP contribution is 2.61. The quantitative estimate of drug-likeness (QED) is 0.149. The molecule has 2 aliphatic rings. The Kier molecular flexibility index (Phi) is 6.69. The van der Waals surface area contributed by atoms with E-state index in [4.69, 9.17) is 14.2 Å². The van der Waals surface area contributed by atoms with Crippen LogP contribution in [0.1, 0.15) is 33.7 Å². The third-order valence-corrected chi connectivity index (χ3v) is 8.44. The van der Waals surface area contributed by atoms with Gasteiger partial charge in [0.15, 0.2) is 11.5 Å². The molecule has 1 heterocycles. The van der Waals surface area contributed by atoms with E-state index in [1.807, 2.05) is 60.7 Å². The average Bonchev–Trinajstić information content (AvgIpc) is 3.56. The summed E-state index contributed by atoms with van der Waals surface area (Å²) in [6.45, 7) is -0.0184. The first-order valence-electron chi connectivity index (χ1n) is 14.1. The zero-order valence-corrected chi connectivity index (χ0v) is 23.8. The lowest BCUT2D eigenvalue weighted by atomic mass is 9.64. The van der Waals surface area contributed by atoms with Crippen LogP contribution in [0.25, 0.3) is 21.9 Å². The lowest BCUT2D eigenvalue weighted by molar-refractivity contribution is -0.384. The van der Waals surface area contributed by atoms with Crippen LogP contribution in [-0.4, -0.2) is 18.8 Å². The second kappa shape index (κ2) is 10.8. The third-order valence-electron chi connectivity index (χ3n) is 8.44. The van der Waals surface area contributed by atoms with Crippen LogP contribution in [0, 0.1) is 21.4 Å². The molecule has 2 atom stereocenters. The average molecular weight is 579 g/mol. The monoisotopic (exact) mass is 578 g/mol. The molecule has 44 heavy (non-hydrogen) atoms. The third kappa shape index (κ3) is 4.24. The Bertz CT molecular complexity index is 2030. The Morgan fingerprint density at radius 2 is 1.59 bits per heavy atom. The van der Waals surface area contributed by atoms with Gasteiger partial charge < -0.3 is 14.2 Å². The largest absolute Gasteiger partial charge is 0.457 e. The first-order chi connectivity index (χ1) is 21.5. The standard InChI is InChI=1S/C37H26N2O5/c1-42-37(30-19-18-25-8-5-6-11-28(25)20-30)33(27-9-3-2-4-10-27)32(26-16-14-24(22-38)15-17-26)35-36(44-23-43-35)34(37)29-12-7-13-31(21-29)39(40)41/h2-21,34H,23H2,1H3. The first-order valence-corrected chi connectivity index (χ1v) is 14.1. The molecule has 0 saturated carbocycles. The Labute approximate surface area is 254 Å². The minimum atomic E-state index is -1.23. The van der Waals surface area contributed by atoms with E-state index in [1.165, 1.54) is 6.07 Å². The molecule has 2 unspecified atom stereocenters. The van der Waals surface area contributed by atoms with Crippen molar-refractivity contribution in [3.63, 3.8) is 0 Å². The molecule has 7 nitrogen and oxygen atoms in total. The minimum Gasteiger partial charge on any atom is -0.457 e. The number of allylic oxidation sites excluding steroid dienone is 1. The summed E-state index contributed by atoms with van der Waals surface area (Å²) in [5, 5.41) is 23.6. The van der Waals surface area contributed by atoms with Gasteiger partial charge in [0.2, 0.25) is 6.79 Å². The topological polar surface area (TPSA) is 94.6 Å². The molecule has 0 spiro atoms. The molecule has 5 aromatic carbocycles. The molecular weight excluding hydrogens is 552 g/mol. The summed E-state index contributed by atoms with van der Waals surface area (Å²) in [5.74, 6) is 0.418. The number of rotatable bonds is 6. The molecule has 0 amide bonds. The van der Waals surface area contributed by atoms with Gasteiger partial charge in [0, 0.05) is 30.4 Å². The number of methoxy groups -OCH3 is 1. The SMILES string of the molecule is COC1(c2ccc3ccccc3c2)C(c2ccccc2)=C(c2ccc(C#N)cc2)C2=C(OCO2)C1c1cccc([N+](=O)[O-])c1. The molecule has 0 radical (unpaired) electrons. The molecule has 7 heteroatoms. The predicted octanol–water partition coefficient (Wildman–Crippen LogP) is 8.09. The number of ether oxygens (including phenoxy) is 3. The van der Waals surface area contributed by atoms with E-state index >= 15 is 0 Å². The molecule has 0 saturated heterocycles. The Morgan fingerprint density at radius 1 is 0.841 bits per heavy atom. The van der Waals surface area contributed by atoms with E-state index in [-0.39, 0.29) is 12.5 Å². The zero-order valence-electron chi connectivity index (χ0n) is 23.8. The second-order valence-electron chi connectivity index (χ2n) is 10.7. The van der Waals surface area contributed by atoms with Crippen LogP contribution in [0.5, 0.6) is 0 Å². The number of nitriles is 1. The van der Waals surface area contributed by atoms with Crippen molar-refractivity contribution < 1.29 is 19.1 Å². The number of nitro groups is 1. The van der Waals surface area contributed by atoms with Crippen molar-refractivity contribution >= 4 is 27.6 Å². The van der Waals surface area contributed by atoms with Crippen molar-refractivity contribution in [1.29, 1.82) is 5.26 Å². The van der Waals surface area contributed by atoms with Crippen LogP contribution in [0.15, 0.2) is 133 Å². The fourth-order valence-corrected chi connectivity index (χ4v) is 6.55. The maximum Gasteiger partial charge on any atom is 0.269 e. The number of nitrogens with zero attached hydrogens (tertiary/aromatic N) is 2. The summed E-state index contributed by atoms with van der Waals surface area (Å²) in [6.07, 6.45) is 0. The van der Waals surface area contributed by atoms with Crippen LogP contribution in [0.4, 0.5) is 5.69 Å². The minimum absolute atomic E-state index is 0.0184. The highest BCUT2D eigenvalue weighted by atomic mass is 16.7. The number of hydrogen-bond donors (Lipinski definition) is 0. The molecule has 0 bridgehead atoms. The van der Waals surface area contributed by atoms with Crippen molar-refractivity contribution in [2.24, 2.45) is 0 Å². The molecule has 214 valence electrons. The summed E-state index contributed by atoms with van der Waals surface area (Å²) < 4.78 is 19.3. The van der Waals surface area contributed by atoms with E-state index in [9.17, 15) is 15.4 Å². The number of benzene rings is 5. The molecule has 0 aromatic heterocycles. The lowest BCUT2D eigenvalue weighted by Crippen LogP contribution is -2.41. The van der Waals surface area contributed by atoms with Crippen LogP contribution >= 0.6 is 0 Å². The van der Waals surface area contributed by atoms with Gasteiger partial charge >= 0.3 is 0 Å². The van der Waals surface area contributed by atoms with Crippen molar-refractivity contribution in [1.82, 2.24) is 0 Å². The van der Waals surface area contributed by atoms with Gasteiger partial charge in [0.25, 0.3) is 5.69 Å². The van der Waals surface area contributed by atoms with Crippen molar-refractivity contribution in [2.45, 2.75) is 11.5 Å². The fourth-order valence-electron chi connectivity index (χ4n) is 6.55. The van der Waals surface area contributed by atoms with E-state index in [0.717, 1.165) is 38.6 Å². The van der Waals surface area contributed by atoms with Gasteiger partial charge in [-0.2, -0.15) is 5.26 Å². The van der Waals surface area contributed by atoms with Gasteiger partial charge in [-0.25, -0.2) is 0 Å². The van der Waals surface area contributed by atoms with Gasteiger partial charge in [0.1, 0.15) is 5.60 Å². The van der Waals surface area contributed by atoms with Gasteiger partial charge in [-0.1, -0.05) is 91.0 Å². The summed E-state index contributed by atoms with van der Waals surface area (Å²) in [7, 11) is 1.67. The summed E-state index contributed by atoms with van der Waals surface area (Å²) in [5.41, 5.74) is 4.07. The van der Waals surface area contributed by atoms with Gasteiger partial charge in [-0.05, 0) is 51.2 Å². The molecule has 7 rings (SSSR count). The van der Waals surface area contributed by atoms with Crippen LogP contribution in [-0.2, 0) is 19.8 Å². The molecular formula is C37H26N2O5. The maximum absolute atomic E-state index is 12.0. The van der Waals surface area contributed by atoms with Gasteiger partial charge in [0.05, 0.1) is 22.5 Å². The van der Waals surface area contributed by atoms with Crippen molar-refractivity contribution in [2.75, 3.05) is 13.9 Å². The van der Waals surface area contributed by atoms with E-state index < -0.39 is 16.4 Å². The zero-order chi connectivity index (χ0) is 30.3. The van der Waals surface area contributed by atoms with Crippen molar-refractivity contribution in [3.8, 4) is 6.07 Å². The Morgan fingerprint density at radius 3 is 2.32 bits per heavy atom. The normalized spacial score (nSPS) is 19.2. The van der Waals surface area contributed by atoms with Crippen LogP contribution < -0.4 is 0 Å². The van der Waals surface area contributed by atoms with E-state index in [0.29, 0.717) is 22.6 Å². The molecule has 5 aromatic rings. The number of hydrogen-bond acceptors (Lipinski definition) is 6. The number of nitro benzene ring substituents is 1. The van der Waals surface area contributed by atoms with E-state index in [2.05, 4.69) is 36.4 Å². The highest BCUT2D eigenvalue weighted by molar-refractivity contribution is 6.03. The van der Waals surface area contributed by atoms with Crippen LogP contribution in [0.2, 0.25) is 0 Å². The van der Waals surface area contributed by atoms with Gasteiger partial charge in [-0.3, -0.25) is 10.1 Å². The van der Waals surface area contributed by atoms with Gasteiger partial charge in [-0.15, -0.1) is 0 Å². The van der Waals surface area contributed by atoms with E-state index in [1.54, 1.807) is 31.4 Å². The number of non-ortho nitro benzene ring substituents is 1. The summed E-state index contributed by atoms with van der Waals surface area (Å²) in [4.78, 5) is 11.6. The van der Waals surface area contributed by atoms with Crippen LogP contribution in [0.3, 0.4) is 0 Å². The first kappa shape index (κ1) is 27.1. The molecule has 1 aliphatic carbocycles. The predicted molar refractivity (Wildman–Crippen MR) is 167 cm³/mol. The number of fused-ring (bicyclic) bond motifs is 1. The highest BCUT2D eigenvalue weighted by Gasteiger charge is 2.55. The maximum atomic E-state index is 12.0. The van der Waals surface area contributed by atoms with Crippen molar-refractivity contribution in [3.05, 3.63) is 171 Å². The smallest absolute Gasteiger partial charge is 0.269 e. The summed E-state index contributed by atoms with van der Waals surface area (Å²) in [6, 6.07) is 40.5. The Balaban J connectivity index is 1.64. The molecule has 1 aliphatic heterocycles. The Hall–Kier alpha value is -5.71. The fraction of sp³-hybridized carbons (Fsp3) is 0.108. The second-order valence-corrected chi connectivity index (χ2v) is 10.7. The molecule has 0 N–H and O–H groups in total. The molecule has 0 fully saturated rings.